The Bertz CT molecular complexity index is 1240. The Labute approximate surface area is 210 Å². The number of phenolic OH excluding ortho intramolecular Hbond substituents is 1. The summed E-state index contributed by atoms with van der Waals surface area (Å²) in [5.41, 5.74) is 2.21. The Kier molecular flexibility index (Phi) is 9.59. The number of rotatable bonds is 12. The van der Waals surface area contributed by atoms with E-state index in [1.807, 2.05) is 23.6 Å². The first-order chi connectivity index (χ1) is 17.4. The van der Waals surface area contributed by atoms with Crippen molar-refractivity contribution in [2.24, 2.45) is 0 Å². The van der Waals surface area contributed by atoms with E-state index in [2.05, 4.69) is 16.9 Å². The number of phenols is 1. The van der Waals surface area contributed by atoms with Crippen molar-refractivity contribution in [1.29, 1.82) is 0 Å². The first-order valence-corrected chi connectivity index (χ1v) is 11.6. The van der Waals surface area contributed by atoms with Gasteiger partial charge in [-0.2, -0.15) is 0 Å². The molecule has 1 heterocycles. The molecule has 0 radical (unpaired) electrons. The highest BCUT2D eigenvalue weighted by molar-refractivity contribution is 5.96. The second kappa shape index (κ2) is 13.1. The van der Waals surface area contributed by atoms with Crippen LogP contribution in [0.1, 0.15) is 19.5 Å². The zero-order chi connectivity index (χ0) is 25.9. The van der Waals surface area contributed by atoms with Crippen LogP contribution >= 0.6 is 0 Å². The standard InChI is InChI=1S/C28H31FN4O3/c1-4-10-22(15-21(3)29)19-32-20-31-17-23(32)16-30-18-28(35)33(5-2)24-11-6-8-13-26(24)36-27-14-9-7-12-25(27)34/h4,6-15,17,20,30,34H,1,5,16,18-19H2,2-3H3/b21-15+,22-10+. The van der Waals surface area contributed by atoms with E-state index in [0.29, 0.717) is 36.8 Å². The van der Waals surface area contributed by atoms with Crippen LogP contribution in [0.2, 0.25) is 0 Å². The number of benzene rings is 2. The third-order valence-electron chi connectivity index (χ3n) is 5.31. The summed E-state index contributed by atoms with van der Waals surface area (Å²) in [6, 6.07) is 13.9. The van der Waals surface area contributed by atoms with Crippen molar-refractivity contribution in [2.75, 3.05) is 18.0 Å². The molecule has 8 heteroatoms. The van der Waals surface area contributed by atoms with Gasteiger partial charge in [0.25, 0.3) is 0 Å². The number of para-hydroxylation sites is 4. The topological polar surface area (TPSA) is 79.6 Å². The van der Waals surface area contributed by atoms with Crippen molar-refractivity contribution in [3.8, 4) is 17.2 Å². The Balaban J connectivity index is 1.67. The molecular formula is C28H31FN4O3. The fraction of sp³-hybridized carbons (Fsp3) is 0.214. The number of imidazole rings is 1. The Morgan fingerprint density at radius 3 is 2.64 bits per heavy atom. The molecule has 0 aliphatic rings. The van der Waals surface area contributed by atoms with E-state index >= 15 is 0 Å². The second-order valence-corrected chi connectivity index (χ2v) is 8.00. The Hall–Kier alpha value is -4.17. The predicted molar refractivity (Wildman–Crippen MR) is 140 cm³/mol. The molecule has 7 nitrogen and oxygen atoms in total. The van der Waals surface area contributed by atoms with Crippen molar-refractivity contribution in [3.05, 3.63) is 103 Å². The van der Waals surface area contributed by atoms with Gasteiger partial charge in [-0.3, -0.25) is 4.79 Å². The minimum atomic E-state index is -0.292. The number of nitrogens with zero attached hydrogens (tertiary/aromatic N) is 3. The van der Waals surface area contributed by atoms with Crippen molar-refractivity contribution in [2.45, 2.75) is 26.9 Å². The summed E-state index contributed by atoms with van der Waals surface area (Å²) in [4.78, 5) is 18.9. The van der Waals surface area contributed by atoms with Gasteiger partial charge in [0.05, 0.1) is 30.1 Å². The molecule has 0 aliphatic carbocycles. The molecule has 188 valence electrons. The highest BCUT2D eigenvalue weighted by atomic mass is 19.1. The van der Waals surface area contributed by atoms with E-state index in [-0.39, 0.29) is 24.0 Å². The first kappa shape index (κ1) is 26.4. The molecule has 0 spiro atoms. The smallest absolute Gasteiger partial charge is 0.241 e. The molecule has 0 fully saturated rings. The largest absolute Gasteiger partial charge is 0.504 e. The van der Waals surface area contributed by atoms with Crippen molar-refractivity contribution in [1.82, 2.24) is 14.9 Å². The summed E-state index contributed by atoms with van der Waals surface area (Å²) in [7, 11) is 0. The van der Waals surface area contributed by atoms with E-state index in [1.54, 1.807) is 66.0 Å². The van der Waals surface area contributed by atoms with Gasteiger partial charge in [-0.1, -0.05) is 43.0 Å². The van der Waals surface area contributed by atoms with Gasteiger partial charge >= 0.3 is 0 Å². The van der Waals surface area contributed by atoms with E-state index in [1.165, 1.54) is 13.0 Å². The zero-order valence-electron chi connectivity index (χ0n) is 20.5. The van der Waals surface area contributed by atoms with Gasteiger partial charge in [0.1, 0.15) is 0 Å². The molecule has 0 unspecified atom stereocenters. The van der Waals surface area contributed by atoms with Gasteiger partial charge in [-0.25, -0.2) is 9.37 Å². The molecule has 0 saturated carbocycles. The van der Waals surface area contributed by atoms with Gasteiger partial charge in [0.2, 0.25) is 5.91 Å². The lowest BCUT2D eigenvalue weighted by atomic mass is 10.2. The number of anilines is 1. The number of ether oxygens (including phenoxy) is 1. The molecule has 1 aromatic heterocycles. The third-order valence-corrected chi connectivity index (χ3v) is 5.31. The summed E-state index contributed by atoms with van der Waals surface area (Å²) in [6.45, 7) is 8.31. The Morgan fingerprint density at radius 1 is 1.22 bits per heavy atom. The van der Waals surface area contributed by atoms with Crippen molar-refractivity contribution >= 4 is 11.6 Å². The average Bonchev–Trinajstić information content (AvgIpc) is 3.28. The zero-order valence-corrected chi connectivity index (χ0v) is 20.5. The number of carbonyl (C=O) groups is 1. The van der Waals surface area contributed by atoms with Gasteiger partial charge in [0, 0.05) is 25.8 Å². The maximum Gasteiger partial charge on any atom is 0.241 e. The highest BCUT2D eigenvalue weighted by Gasteiger charge is 2.19. The molecular weight excluding hydrogens is 459 g/mol. The summed E-state index contributed by atoms with van der Waals surface area (Å²) in [5, 5.41) is 13.2. The maximum absolute atomic E-state index is 13.4. The minimum Gasteiger partial charge on any atom is -0.504 e. The molecule has 2 N–H and O–H groups in total. The van der Waals surface area contributed by atoms with Crippen LogP contribution in [0.4, 0.5) is 10.1 Å². The second-order valence-electron chi connectivity index (χ2n) is 8.00. The van der Waals surface area contributed by atoms with E-state index in [4.69, 9.17) is 4.74 Å². The molecule has 36 heavy (non-hydrogen) atoms. The number of allylic oxidation sites excluding steroid dienone is 5. The molecule has 0 aliphatic heterocycles. The lowest BCUT2D eigenvalue weighted by Gasteiger charge is -2.24. The number of hydrogen-bond donors (Lipinski definition) is 2. The fourth-order valence-corrected chi connectivity index (χ4v) is 3.69. The van der Waals surface area contributed by atoms with Crippen LogP contribution in [-0.4, -0.2) is 33.7 Å². The quantitative estimate of drug-likeness (QED) is 0.327. The van der Waals surface area contributed by atoms with Gasteiger partial charge in [-0.15, -0.1) is 0 Å². The fourth-order valence-electron chi connectivity index (χ4n) is 3.69. The Morgan fingerprint density at radius 2 is 1.94 bits per heavy atom. The number of likely N-dealkylation sites (N-methyl/N-ethyl adjacent to an activating group) is 1. The molecule has 0 bridgehead atoms. The SMILES string of the molecule is C=C/C=C(\C=C(/C)F)Cn1cncc1CNCC(=O)N(CC)c1ccccc1Oc1ccccc1O. The maximum atomic E-state index is 13.4. The summed E-state index contributed by atoms with van der Waals surface area (Å²) in [6.07, 6.45) is 8.19. The predicted octanol–water partition coefficient (Wildman–Crippen LogP) is 5.51. The molecule has 3 aromatic rings. The number of aromatic nitrogens is 2. The van der Waals surface area contributed by atoms with Crippen LogP contribution in [0.3, 0.4) is 0 Å². The molecule has 0 atom stereocenters. The van der Waals surface area contributed by atoms with Gasteiger partial charge < -0.3 is 24.6 Å². The van der Waals surface area contributed by atoms with Gasteiger partial charge in [0.15, 0.2) is 17.2 Å². The number of aromatic hydroxyl groups is 1. The van der Waals surface area contributed by atoms with Crippen LogP contribution in [-0.2, 0) is 17.9 Å². The summed E-state index contributed by atoms with van der Waals surface area (Å²) in [5.74, 6) is 0.357. The summed E-state index contributed by atoms with van der Waals surface area (Å²) >= 11 is 0. The van der Waals surface area contributed by atoms with Crippen LogP contribution in [0.25, 0.3) is 0 Å². The average molecular weight is 491 g/mol. The number of nitrogens with one attached hydrogen (secondary N) is 1. The number of halogens is 1. The molecule has 1 amide bonds. The van der Waals surface area contributed by atoms with Gasteiger partial charge in [-0.05, 0) is 49.8 Å². The first-order valence-electron chi connectivity index (χ1n) is 11.6. The highest BCUT2D eigenvalue weighted by Crippen LogP contribution is 2.36. The monoisotopic (exact) mass is 490 g/mol. The van der Waals surface area contributed by atoms with E-state index in [9.17, 15) is 14.3 Å². The molecule has 0 saturated heterocycles. The van der Waals surface area contributed by atoms with Crippen molar-refractivity contribution in [3.63, 3.8) is 0 Å². The van der Waals surface area contributed by atoms with Crippen molar-refractivity contribution < 1.29 is 19.0 Å². The number of carbonyl (C=O) groups excluding carboxylic acids is 1. The lowest BCUT2D eigenvalue weighted by Crippen LogP contribution is -2.38. The van der Waals surface area contributed by atoms with E-state index in [0.717, 1.165) is 11.3 Å². The number of hydrogen-bond acceptors (Lipinski definition) is 5. The van der Waals surface area contributed by atoms with Crippen LogP contribution in [0.5, 0.6) is 17.2 Å². The summed E-state index contributed by atoms with van der Waals surface area (Å²) < 4.78 is 21.2. The third kappa shape index (κ3) is 7.16. The minimum absolute atomic E-state index is 0.0169. The van der Waals surface area contributed by atoms with Crippen LogP contribution in [0, 0.1) is 0 Å². The van der Waals surface area contributed by atoms with Crippen LogP contribution in [0.15, 0.2) is 97.3 Å². The normalized spacial score (nSPS) is 11.9. The number of amides is 1. The van der Waals surface area contributed by atoms with E-state index < -0.39 is 0 Å². The molecule has 3 rings (SSSR count). The lowest BCUT2D eigenvalue weighted by molar-refractivity contribution is -0.117. The van der Waals surface area contributed by atoms with Crippen LogP contribution < -0.4 is 15.0 Å². The molecule has 2 aromatic carbocycles.